The topological polar surface area (TPSA) is 77.5 Å². The first kappa shape index (κ1) is 23.0. The number of pyridine rings is 1. The number of rotatable bonds is 4. The van der Waals surface area contributed by atoms with E-state index in [9.17, 15) is 10.1 Å². The van der Waals surface area contributed by atoms with E-state index in [1.165, 1.54) is 17.0 Å². The SMILES string of the molecule is Cc1cccn2c(=O)c(/C=C(\C#N)c3nc4ccccc4s3)c(N3CCN(c4ccccc4)CC3)nc12. The van der Waals surface area contributed by atoms with Crippen molar-refractivity contribution in [2.45, 2.75) is 6.92 Å². The van der Waals surface area contributed by atoms with Crippen LogP contribution in [0, 0.1) is 18.3 Å². The Morgan fingerprint density at radius 2 is 1.68 bits per heavy atom. The van der Waals surface area contributed by atoms with E-state index in [4.69, 9.17) is 4.98 Å². The van der Waals surface area contributed by atoms with Gasteiger partial charge in [0.15, 0.2) is 0 Å². The third kappa shape index (κ3) is 4.24. The fourth-order valence-corrected chi connectivity index (χ4v) is 5.69. The number of aryl methyl sites for hydroxylation is 1. The van der Waals surface area contributed by atoms with Crippen LogP contribution in [0.5, 0.6) is 0 Å². The van der Waals surface area contributed by atoms with Gasteiger partial charge in [0.05, 0.1) is 21.4 Å². The van der Waals surface area contributed by atoms with E-state index in [1.54, 1.807) is 16.7 Å². The maximum atomic E-state index is 13.8. The van der Waals surface area contributed by atoms with Crippen molar-refractivity contribution in [2.24, 2.45) is 0 Å². The highest BCUT2D eigenvalue weighted by molar-refractivity contribution is 7.19. The normalized spacial score (nSPS) is 14.3. The van der Waals surface area contributed by atoms with Crippen LogP contribution < -0.4 is 15.4 Å². The number of nitrogens with zero attached hydrogens (tertiary/aromatic N) is 6. The van der Waals surface area contributed by atoms with Crippen molar-refractivity contribution in [1.29, 1.82) is 5.26 Å². The number of para-hydroxylation sites is 2. The predicted octanol–water partition coefficient (Wildman–Crippen LogP) is 5.00. The summed E-state index contributed by atoms with van der Waals surface area (Å²) in [5.41, 5.74) is 4.15. The van der Waals surface area contributed by atoms with Crippen molar-refractivity contribution >= 4 is 50.4 Å². The van der Waals surface area contributed by atoms with Crippen LogP contribution in [0.2, 0.25) is 0 Å². The minimum atomic E-state index is -0.192. The molecule has 1 saturated heterocycles. The number of benzene rings is 2. The van der Waals surface area contributed by atoms with Crippen LogP contribution in [0.25, 0.3) is 27.5 Å². The molecule has 0 atom stereocenters. The Balaban J connectivity index is 1.45. The van der Waals surface area contributed by atoms with E-state index >= 15 is 0 Å². The van der Waals surface area contributed by atoms with Gasteiger partial charge in [-0.3, -0.25) is 9.20 Å². The van der Waals surface area contributed by atoms with Crippen LogP contribution in [0.1, 0.15) is 16.1 Å². The molecule has 1 aliphatic heterocycles. The Kier molecular flexibility index (Phi) is 5.91. The molecule has 0 saturated carbocycles. The summed E-state index contributed by atoms with van der Waals surface area (Å²) < 4.78 is 2.57. The molecule has 182 valence electrons. The van der Waals surface area contributed by atoms with Crippen LogP contribution in [0.3, 0.4) is 0 Å². The molecule has 5 aromatic rings. The van der Waals surface area contributed by atoms with Crippen LogP contribution in [0.4, 0.5) is 11.5 Å². The third-order valence-corrected chi connectivity index (χ3v) is 7.77. The molecule has 3 aromatic heterocycles. The van der Waals surface area contributed by atoms with Gasteiger partial charge in [-0.15, -0.1) is 11.3 Å². The third-order valence-electron chi connectivity index (χ3n) is 6.70. The van der Waals surface area contributed by atoms with Gasteiger partial charge in [0, 0.05) is 38.1 Å². The number of hydrogen-bond acceptors (Lipinski definition) is 7. The lowest BCUT2D eigenvalue weighted by Gasteiger charge is -2.37. The second-order valence-corrected chi connectivity index (χ2v) is 10.0. The average Bonchev–Trinajstić information content (AvgIpc) is 3.38. The van der Waals surface area contributed by atoms with E-state index < -0.39 is 0 Å². The van der Waals surface area contributed by atoms with E-state index in [-0.39, 0.29) is 5.56 Å². The summed E-state index contributed by atoms with van der Waals surface area (Å²) in [4.78, 5) is 27.9. The summed E-state index contributed by atoms with van der Waals surface area (Å²) in [5, 5.41) is 10.7. The molecule has 2 aromatic carbocycles. The Morgan fingerprint density at radius 3 is 2.43 bits per heavy atom. The lowest BCUT2D eigenvalue weighted by molar-refractivity contribution is 0.646. The molecule has 1 fully saturated rings. The van der Waals surface area contributed by atoms with Gasteiger partial charge in [0.25, 0.3) is 5.56 Å². The van der Waals surface area contributed by atoms with Gasteiger partial charge in [-0.1, -0.05) is 36.4 Å². The standard InChI is InChI=1S/C29H24N6OS/c1-20-8-7-13-35-26(20)32-27(34-16-14-33(15-17-34)22-9-3-2-4-10-22)23(29(35)36)18-21(19-30)28-31-24-11-5-6-12-25(24)37-28/h2-13,18H,14-17H2,1H3/b21-18+. The van der Waals surface area contributed by atoms with Crippen molar-refractivity contribution < 1.29 is 0 Å². The zero-order valence-corrected chi connectivity index (χ0v) is 21.2. The molecule has 7 nitrogen and oxygen atoms in total. The molecule has 1 aliphatic rings. The van der Waals surface area contributed by atoms with E-state index in [0.717, 1.165) is 28.9 Å². The quantitative estimate of drug-likeness (QED) is 0.321. The minimum absolute atomic E-state index is 0.192. The Bertz CT molecular complexity index is 1710. The monoisotopic (exact) mass is 504 g/mol. The Morgan fingerprint density at radius 1 is 0.946 bits per heavy atom. The van der Waals surface area contributed by atoms with E-state index in [0.29, 0.717) is 40.7 Å². The van der Waals surface area contributed by atoms with Gasteiger partial charge in [-0.25, -0.2) is 9.97 Å². The van der Waals surface area contributed by atoms with Crippen LogP contribution >= 0.6 is 11.3 Å². The summed E-state index contributed by atoms with van der Waals surface area (Å²) in [5.74, 6) is 0.612. The highest BCUT2D eigenvalue weighted by atomic mass is 32.1. The predicted molar refractivity (Wildman–Crippen MR) is 150 cm³/mol. The molecular formula is C29H24N6OS. The van der Waals surface area contributed by atoms with Crippen LogP contribution in [0.15, 0.2) is 77.7 Å². The number of aromatic nitrogens is 3. The molecule has 0 amide bonds. The van der Waals surface area contributed by atoms with Gasteiger partial charge in [-0.05, 0) is 48.9 Å². The number of fused-ring (bicyclic) bond motifs is 2. The van der Waals surface area contributed by atoms with Crippen molar-refractivity contribution in [1.82, 2.24) is 14.4 Å². The maximum Gasteiger partial charge on any atom is 0.267 e. The zero-order chi connectivity index (χ0) is 25.4. The van der Waals surface area contributed by atoms with Crippen LogP contribution in [-0.2, 0) is 0 Å². The largest absolute Gasteiger partial charge is 0.368 e. The van der Waals surface area contributed by atoms with Gasteiger partial charge in [0.2, 0.25) is 0 Å². The van der Waals surface area contributed by atoms with Crippen molar-refractivity contribution in [3.8, 4) is 6.07 Å². The van der Waals surface area contributed by atoms with Crippen molar-refractivity contribution in [2.75, 3.05) is 36.0 Å². The molecule has 0 spiro atoms. The summed E-state index contributed by atoms with van der Waals surface area (Å²) in [7, 11) is 0. The Labute approximate surface area is 218 Å². The fourth-order valence-electron chi connectivity index (χ4n) is 4.76. The number of anilines is 2. The lowest BCUT2D eigenvalue weighted by Crippen LogP contribution is -2.47. The highest BCUT2D eigenvalue weighted by Crippen LogP contribution is 2.30. The smallest absolute Gasteiger partial charge is 0.267 e. The molecule has 8 heteroatoms. The molecule has 37 heavy (non-hydrogen) atoms. The van der Waals surface area contributed by atoms with Gasteiger partial charge < -0.3 is 9.80 Å². The number of thiazole rings is 1. The molecule has 0 N–H and O–H groups in total. The molecular weight excluding hydrogens is 480 g/mol. The second kappa shape index (κ2) is 9.52. The first-order chi connectivity index (χ1) is 18.1. The summed E-state index contributed by atoms with van der Waals surface area (Å²) in [6.07, 6.45) is 3.40. The molecule has 0 radical (unpaired) electrons. The van der Waals surface area contributed by atoms with Gasteiger partial charge in [0.1, 0.15) is 22.5 Å². The zero-order valence-electron chi connectivity index (χ0n) is 20.3. The van der Waals surface area contributed by atoms with E-state index in [1.807, 2.05) is 61.5 Å². The summed E-state index contributed by atoms with van der Waals surface area (Å²) >= 11 is 1.45. The molecule has 0 bridgehead atoms. The summed E-state index contributed by atoms with van der Waals surface area (Å²) in [6, 6.07) is 24.2. The van der Waals surface area contributed by atoms with Gasteiger partial charge in [-0.2, -0.15) is 5.26 Å². The molecule has 6 rings (SSSR count). The number of hydrogen-bond donors (Lipinski definition) is 0. The van der Waals surface area contributed by atoms with Crippen molar-refractivity contribution in [3.05, 3.63) is 99.4 Å². The second-order valence-electron chi connectivity index (χ2n) is 9.01. The highest BCUT2D eigenvalue weighted by Gasteiger charge is 2.24. The van der Waals surface area contributed by atoms with Crippen molar-refractivity contribution in [3.63, 3.8) is 0 Å². The van der Waals surface area contributed by atoms with Crippen LogP contribution in [-0.4, -0.2) is 40.5 Å². The lowest BCUT2D eigenvalue weighted by atomic mass is 10.1. The molecule has 4 heterocycles. The fraction of sp³-hybridized carbons (Fsp3) is 0.172. The maximum absolute atomic E-state index is 13.8. The number of allylic oxidation sites excluding steroid dienone is 1. The minimum Gasteiger partial charge on any atom is -0.368 e. The first-order valence-electron chi connectivity index (χ1n) is 12.2. The first-order valence-corrected chi connectivity index (χ1v) is 13.0. The summed E-state index contributed by atoms with van der Waals surface area (Å²) in [6.45, 7) is 5.01. The van der Waals surface area contributed by atoms with Gasteiger partial charge >= 0.3 is 0 Å². The van der Waals surface area contributed by atoms with E-state index in [2.05, 4.69) is 33.0 Å². The number of piperazine rings is 1. The Hall–Kier alpha value is -4.48. The molecule has 0 aliphatic carbocycles. The molecule has 0 unspecified atom stereocenters. The average molecular weight is 505 g/mol. The number of nitriles is 1.